The zero-order valence-electron chi connectivity index (χ0n) is 18.3. The first-order chi connectivity index (χ1) is 15.3. The maximum atomic E-state index is 13.6. The number of halogens is 2. The van der Waals surface area contributed by atoms with Crippen LogP contribution in [0, 0.1) is 5.92 Å². The van der Waals surface area contributed by atoms with Crippen molar-refractivity contribution in [3.63, 3.8) is 0 Å². The van der Waals surface area contributed by atoms with Gasteiger partial charge in [-0.2, -0.15) is 0 Å². The molecule has 0 N–H and O–H groups in total. The van der Waals surface area contributed by atoms with Crippen molar-refractivity contribution < 1.29 is 31.9 Å². The normalized spacial score (nSPS) is 22.5. The molecule has 0 aromatic heterocycles. The molecular weight excluding hydrogens is 454 g/mol. The first-order valence-electron chi connectivity index (χ1n) is 10.4. The number of nitrogens with zero attached hydrogens (tertiary/aromatic N) is 2. The third-order valence-electron chi connectivity index (χ3n) is 6.45. The van der Waals surface area contributed by atoms with Crippen LogP contribution in [0.5, 0.6) is 0 Å². The molecule has 0 radical (unpaired) electrons. The van der Waals surface area contributed by atoms with Crippen LogP contribution in [0.15, 0.2) is 47.4 Å². The fraction of sp³-hybridized carbons (Fsp3) is 0.391. The average molecular weight is 478 g/mol. The number of fused-ring (bicyclic) bond motifs is 1. The van der Waals surface area contributed by atoms with Crippen molar-refractivity contribution in [1.29, 1.82) is 0 Å². The summed E-state index contributed by atoms with van der Waals surface area (Å²) in [5.41, 5.74) is 1.73. The van der Waals surface area contributed by atoms with Crippen molar-refractivity contribution >= 4 is 33.2 Å². The van der Waals surface area contributed by atoms with Gasteiger partial charge in [0.05, 0.1) is 28.4 Å². The maximum Gasteiger partial charge on any atom is 0.248 e. The minimum absolute atomic E-state index is 0.142. The van der Waals surface area contributed by atoms with E-state index < -0.39 is 52.7 Å². The number of sulfone groups is 1. The van der Waals surface area contributed by atoms with Crippen molar-refractivity contribution in [2.24, 2.45) is 5.92 Å². The number of anilines is 2. The van der Waals surface area contributed by atoms with Gasteiger partial charge in [0, 0.05) is 26.0 Å². The Bertz CT molecular complexity index is 1220. The van der Waals surface area contributed by atoms with E-state index in [1.165, 1.54) is 24.0 Å². The summed E-state index contributed by atoms with van der Waals surface area (Å²) in [5.74, 6) is -3.81. The number of carbonyl (C=O) groups is 2. The van der Waals surface area contributed by atoms with Gasteiger partial charge >= 0.3 is 0 Å². The third kappa shape index (κ3) is 4.07. The molecule has 33 heavy (non-hydrogen) atoms. The maximum absolute atomic E-state index is 13.6. The molecule has 0 saturated heterocycles. The van der Waals surface area contributed by atoms with E-state index in [-0.39, 0.29) is 16.5 Å². The van der Waals surface area contributed by atoms with Crippen LogP contribution in [-0.4, -0.2) is 44.7 Å². The molecule has 2 atom stereocenters. The number of benzene rings is 2. The van der Waals surface area contributed by atoms with Gasteiger partial charge in [-0.15, -0.1) is 0 Å². The van der Waals surface area contributed by atoms with E-state index in [1.54, 1.807) is 37.3 Å². The van der Waals surface area contributed by atoms with Crippen LogP contribution in [0.3, 0.4) is 0 Å². The van der Waals surface area contributed by atoms with Crippen molar-refractivity contribution in [2.75, 3.05) is 16.1 Å². The molecule has 2 aromatic carbocycles. The Morgan fingerprint density at radius 1 is 1.00 bits per heavy atom. The van der Waals surface area contributed by atoms with Crippen LogP contribution in [-0.2, 0) is 14.6 Å². The number of carbonyl (C=O) groups excluding carboxylic acids is 2. The highest BCUT2D eigenvalue weighted by Crippen LogP contribution is 2.50. The quantitative estimate of drug-likeness (QED) is 0.677. The Hall–Kier alpha value is -3.01. The topological polar surface area (TPSA) is 97.8 Å². The third-order valence-corrected chi connectivity index (χ3v) is 7.58. The highest BCUT2D eigenvalue weighted by molar-refractivity contribution is 7.90. The van der Waals surface area contributed by atoms with Crippen LogP contribution in [0.4, 0.5) is 25.0 Å². The number of rotatable bonds is 3. The van der Waals surface area contributed by atoms with Gasteiger partial charge in [-0.1, -0.05) is 18.2 Å². The number of hydrogen-bond donors (Lipinski definition) is 0. The first kappa shape index (κ1) is 23.2. The fourth-order valence-electron chi connectivity index (χ4n) is 4.97. The van der Waals surface area contributed by atoms with Crippen molar-refractivity contribution in [2.45, 2.75) is 49.6 Å². The lowest BCUT2D eigenvalue weighted by atomic mass is 9.72. The molecular formula is C23H23F2N2O5S-. The highest BCUT2D eigenvalue weighted by atomic mass is 32.2. The Balaban J connectivity index is 1.82. The van der Waals surface area contributed by atoms with Gasteiger partial charge in [-0.05, 0) is 48.2 Å². The zero-order chi connectivity index (χ0) is 24.3. The number of alkyl halides is 2. The lowest BCUT2D eigenvalue weighted by Crippen LogP contribution is -2.65. The summed E-state index contributed by atoms with van der Waals surface area (Å²) in [6.45, 7) is 3.00. The van der Waals surface area contributed by atoms with E-state index in [9.17, 15) is 31.9 Å². The summed E-state index contributed by atoms with van der Waals surface area (Å²) < 4.78 is 50.8. The molecule has 1 saturated carbocycles. The van der Waals surface area contributed by atoms with Crippen LogP contribution < -0.4 is 14.9 Å². The Morgan fingerprint density at radius 2 is 1.58 bits per heavy atom. The van der Waals surface area contributed by atoms with Crippen LogP contribution in [0.2, 0.25) is 0 Å². The van der Waals surface area contributed by atoms with Crippen molar-refractivity contribution in [3.05, 3.63) is 42.5 Å². The molecule has 10 heteroatoms. The number of amides is 2. The molecule has 1 heterocycles. The van der Waals surface area contributed by atoms with Gasteiger partial charge < -0.3 is 19.7 Å². The monoisotopic (exact) mass is 477 g/mol. The molecule has 1 fully saturated rings. The van der Waals surface area contributed by atoms with Crippen molar-refractivity contribution in [3.8, 4) is 11.1 Å². The molecule has 4 rings (SSSR count). The van der Waals surface area contributed by atoms with Crippen molar-refractivity contribution in [1.82, 2.24) is 0 Å². The number of hydrogen-bond acceptors (Lipinski definition) is 5. The fourth-order valence-corrected chi connectivity index (χ4v) is 5.60. The first-order valence-corrected chi connectivity index (χ1v) is 12.3. The van der Waals surface area contributed by atoms with Gasteiger partial charge in [0.25, 0.3) is 0 Å². The van der Waals surface area contributed by atoms with E-state index in [1.807, 2.05) is 0 Å². The van der Waals surface area contributed by atoms with E-state index >= 15 is 0 Å². The standard InChI is InChI=1S/C23H24F2N2O5S/c1-13-21(17-11-23(24,25)12-17)27(22(29)30)20-10-16(6-9-19(20)26(13)14(2)28)15-4-7-18(8-5-15)33(3,31)32/h4-10,13,17,21H,11-12H2,1-3H3,(H,29,30)/p-1/t13-,21?/m0/s1. The molecule has 7 nitrogen and oxygen atoms in total. The number of carboxylic acid groups (broad SMARTS) is 1. The molecule has 1 aliphatic heterocycles. The molecule has 176 valence electrons. The van der Waals surface area contributed by atoms with E-state index in [0.29, 0.717) is 16.8 Å². The summed E-state index contributed by atoms with van der Waals surface area (Å²) >= 11 is 0. The molecule has 1 aliphatic carbocycles. The Labute approximate surface area is 190 Å². The predicted molar refractivity (Wildman–Crippen MR) is 117 cm³/mol. The van der Waals surface area contributed by atoms with Gasteiger partial charge in [-0.25, -0.2) is 17.2 Å². The molecule has 2 aliphatic rings. The summed E-state index contributed by atoms with van der Waals surface area (Å²) in [6.07, 6.45) is -1.35. The summed E-state index contributed by atoms with van der Waals surface area (Å²) in [6, 6.07) is 9.42. The zero-order valence-corrected chi connectivity index (χ0v) is 19.1. The largest absolute Gasteiger partial charge is 0.530 e. The molecule has 2 aromatic rings. The second-order valence-electron chi connectivity index (χ2n) is 8.78. The second-order valence-corrected chi connectivity index (χ2v) is 10.8. The second kappa shape index (κ2) is 7.79. The highest BCUT2D eigenvalue weighted by Gasteiger charge is 2.54. The van der Waals surface area contributed by atoms with E-state index in [0.717, 1.165) is 11.2 Å². The average Bonchev–Trinajstić information content (AvgIpc) is 2.69. The van der Waals surface area contributed by atoms with Gasteiger partial charge in [0.15, 0.2) is 9.84 Å². The van der Waals surface area contributed by atoms with Crippen LogP contribution in [0.25, 0.3) is 11.1 Å². The molecule has 1 unspecified atom stereocenters. The molecule has 0 bridgehead atoms. The van der Waals surface area contributed by atoms with Gasteiger partial charge in [0.1, 0.15) is 6.09 Å². The van der Waals surface area contributed by atoms with Crippen LogP contribution in [0.1, 0.15) is 26.7 Å². The van der Waals surface area contributed by atoms with Crippen LogP contribution >= 0.6 is 0 Å². The minimum atomic E-state index is -3.38. The summed E-state index contributed by atoms with van der Waals surface area (Å²) in [4.78, 5) is 27.3. The molecule has 0 spiro atoms. The summed E-state index contributed by atoms with van der Waals surface area (Å²) in [7, 11) is -3.38. The Kier molecular flexibility index (Phi) is 5.47. The van der Waals surface area contributed by atoms with E-state index in [4.69, 9.17) is 0 Å². The lowest BCUT2D eigenvalue weighted by molar-refractivity contribution is -0.248. The smallest absolute Gasteiger partial charge is 0.248 e. The predicted octanol–water partition coefficient (Wildman–Crippen LogP) is 3.08. The van der Waals surface area contributed by atoms with E-state index in [2.05, 4.69) is 0 Å². The molecule has 2 amide bonds. The van der Waals surface area contributed by atoms with Gasteiger partial charge in [-0.3, -0.25) is 4.79 Å². The lowest BCUT2D eigenvalue weighted by Gasteiger charge is -2.54. The van der Waals surface area contributed by atoms with Gasteiger partial charge in [0.2, 0.25) is 11.8 Å². The Morgan fingerprint density at radius 3 is 2.06 bits per heavy atom. The SMILES string of the molecule is CC(=O)N1c2ccc(-c3ccc(S(C)(=O)=O)cc3)cc2N(C(=O)[O-])C(C2CC(F)(F)C2)[C@@H]1C. The minimum Gasteiger partial charge on any atom is -0.530 e. The summed E-state index contributed by atoms with van der Waals surface area (Å²) in [5, 5.41) is 12.2.